The first-order chi connectivity index (χ1) is 6.65. The molecule has 0 saturated carbocycles. The number of nitrogens with two attached hydrogens (primary N) is 1. The summed E-state index contributed by atoms with van der Waals surface area (Å²) in [5, 5.41) is 18.6. The van der Waals surface area contributed by atoms with Crippen molar-refractivity contribution in [2.24, 2.45) is 5.73 Å². The predicted molar refractivity (Wildman–Crippen MR) is 56.2 cm³/mol. The maximum Gasteiger partial charge on any atom is 0.124 e. The Morgan fingerprint density at radius 1 is 1.36 bits per heavy atom. The highest BCUT2D eigenvalue weighted by Crippen LogP contribution is 2.28. The normalized spacial score (nSPS) is 12.7. The summed E-state index contributed by atoms with van der Waals surface area (Å²) < 4.78 is 0. The Hall–Kier alpha value is -1.22. The molecular formula is C11H17NO2. The standard InChI is InChI=1S/C11H17NO2/c1-2-3-4-10(12)9-6-5-8(13)7-11(9)14/h5-7,10,13-14H,2-4,12H2,1H3/t10-/m1/s1. The van der Waals surface area contributed by atoms with Crippen LogP contribution in [0.2, 0.25) is 0 Å². The number of unbranched alkanes of at least 4 members (excludes halogenated alkanes) is 1. The van der Waals surface area contributed by atoms with Crippen molar-refractivity contribution >= 4 is 0 Å². The molecule has 1 aromatic carbocycles. The van der Waals surface area contributed by atoms with Crippen LogP contribution in [0.1, 0.15) is 37.8 Å². The Morgan fingerprint density at radius 3 is 2.64 bits per heavy atom. The molecule has 0 spiro atoms. The van der Waals surface area contributed by atoms with Gasteiger partial charge in [-0.15, -0.1) is 0 Å². The Bertz CT molecular complexity index is 299. The van der Waals surface area contributed by atoms with Gasteiger partial charge < -0.3 is 15.9 Å². The summed E-state index contributed by atoms with van der Waals surface area (Å²) in [4.78, 5) is 0. The first-order valence-electron chi connectivity index (χ1n) is 4.92. The smallest absolute Gasteiger partial charge is 0.124 e. The summed E-state index contributed by atoms with van der Waals surface area (Å²) >= 11 is 0. The Morgan fingerprint density at radius 2 is 2.07 bits per heavy atom. The van der Waals surface area contributed by atoms with Crippen molar-refractivity contribution in [1.82, 2.24) is 0 Å². The van der Waals surface area contributed by atoms with Crippen LogP contribution in [0.25, 0.3) is 0 Å². The molecule has 1 aromatic rings. The third-order valence-electron chi connectivity index (χ3n) is 2.28. The zero-order chi connectivity index (χ0) is 10.6. The van der Waals surface area contributed by atoms with Gasteiger partial charge in [-0.05, 0) is 12.5 Å². The van der Waals surface area contributed by atoms with Crippen molar-refractivity contribution in [1.29, 1.82) is 0 Å². The molecule has 14 heavy (non-hydrogen) atoms. The zero-order valence-electron chi connectivity index (χ0n) is 8.40. The largest absolute Gasteiger partial charge is 0.508 e. The van der Waals surface area contributed by atoms with Crippen LogP contribution in [0.3, 0.4) is 0 Å². The van der Waals surface area contributed by atoms with E-state index >= 15 is 0 Å². The summed E-state index contributed by atoms with van der Waals surface area (Å²) in [7, 11) is 0. The van der Waals surface area contributed by atoms with Crippen molar-refractivity contribution in [2.75, 3.05) is 0 Å². The first kappa shape index (κ1) is 10.9. The Balaban J connectivity index is 2.74. The van der Waals surface area contributed by atoms with E-state index in [0.717, 1.165) is 19.3 Å². The van der Waals surface area contributed by atoms with E-state index in [1.165, 1.54) is 6.07 Å². The van der Waals surface area contributed by atoms with Gasteiger partial charge in [0.2, 0.25) is 0 Å². The average molecular weight is 195 g/mol. The topological polar surface area (TPSA) is 66.5 Å². The fourth-order valence-corrected chi connectivity index (χ4v) is 1.43. The first-order valence-corrected chi connectivity index (χ1v) is 4.92. The number of phenols is 2. The fraction of sp³-hybridized carbons (Fsp3) is 0.455. The minimum absolute atomic E-state index is 0.0638. The third kappa shape index (κ3) is 2.64. The van der Waals surface area contributed by atoms with E-state index in [-0.39, 0.29) is 17.5 Å². The molecule has 78 valence electrons. The van der Waals surface area contributed by atoms with Gasteiger partial charge in [0.05, 0.1) is 0 Å². The number of benzene rings is 1. The molecule has 0 fully saturated rings. The molecule has 0 saturated heterocycles. The lowest BCUT2D eigenvalue weighted by Gasteiger charge is -2.13. The molecule has 4 N–H and O–H groups in total. The molecule has 1 atom stereocenters. The van der Waals surface area contributed by atoms with Crippen LogP contribution in [0.5, 0.6) is 11.5 Å². The van der Waals surface area contributed by atoms with Crippen LogP contribution >= 0.6 is 0 Å². The molecular weight excluding hydrogens is 178 g/mol. The number of hydrogen-bond acceptors (Lipinski definition) is 3. The highest BCUT2D eigenvalue weighted by molar-refractivity contribution is 5.40. The molecule has 0 heterocycles. The second-order valence-electron chi connectivity index (χ2n) is 3.49. The summed E-state index contributed by atoms with van der Waals surface area (Å²) in [6, 6.07) is 4.39. The van der Waals surface area contributed by atoms with Gasteiger partial charge in [-0.2, -0.15) is 0 Å². The van der Waals surface area contributed by atoms with Gasteiger partial charge in [-0.3, -0.25) is 0 Å². The van der Waals surface area contributed by atoms with Gasteiger partial charge >= 0.3 is 0 Å². The minimum atomic E-state index is -0.143. The third-order valence-corrected chi connectivity index (χ3v) is 2.28. The van der Waals surface area contributed by atoms with E-state index in [9.17, 15) is 5.11 Å². The van der Waals surface area contributed by atoms with Gasteiger partial charge in [0.25, 0.3) is 0 Å². The zero-order valence-corrected chi connectivity index (χ0v) is 8.40. The molecule has 0 bridgehead atoms. The van der Waals surface area contributed by atoms with Crippen LogP contribution in [0, 0.1) is 0 Å². The second kappa shape index (κ2) is 4.86. The summed E-state index contributed by atoms with van der Waals surface area (Å²) in [6.07, 6.45) is 2.99. The van der Waals surface area contributed by atoms with Crippen molar-refractivity contribution < 1.29 is 10.2 Å². The molecule has 0 amide bonds. The van der Waals surface area contributed by atoms with Gasteiger partial charge in [0.15, 0.2) is 0 Å². The number of phenolic OH excluding ortho intramolecular Hbond substituents is 2. The second-order valence-corrected chi connectivity index (χ2v) is 3.49. The molecule has 0 radical (unpaired) electrons. The highest BCUT2D eigenvalue weighted by Gasteiger charge is 2.10. The number of rotatable bonds is 4. The molecule has 0 aliphatic carbocycles. The molecule has 3 heteroatoms. The molecule has 0 aliphatic heterocycles. The highest BCUT2D eigenvalue weighted by atomic mass is 16.3. The van der Waals surface area contributed by atoms with Crippen molar-refractivity contribution in [3.05, 3.63) is 23.8 Å². The van der Waals surface area contributed by atoms with E-state index in [4.69, 9.17) is 10.8 Å². The maximum absolute atomic E-state index is 9.52. The lowest BCUT2D eigenvalue weighted by Crippen LogP contribution is -2.09. The van der Waals surface area contributed by atoms with Crippen LogP contribution in [-0.4, -0.2) is 10.2 Å². The van der Waals surface area contributed by atoms with Gasteiger partial charge in [-0.25, -0.2) is 0 Å². The van der Waals surface area contributed by atoms with Gasteiger partial charge in [-0.1, -0.05) is 25.8 Å². The summed E-state index contributed by atoms with van der Waals surface area (Å²) in [6.45, 7) is 2.10. The van der Waals surface area contributed by atoms with Gasteiger partial charge in [0.1, 0.15) is 11.5 Å². The molecule has 3 nitrogen and oxygen atoms in total. The van der Waals surface area contributed by atoms with E-state index in [2.05, 4.69) is 6.92 Å². The van der Waals surface area contributed by atoms with E-state index < -0.39 is 0 Å². The van der Waals surface area contributed by atoms with Crippen molar-refractivity contribution in [3.63, 3.8) is 0 Å². The molecule has 0 aliphatic rings. The fourth-order valence-electron chi connectivity index (χ4n) is 1.43. The molecule has 1 rings (SSSR count). The van der Waals surface area contributed by atoms with Crippen LogP contribution < -0.4 is 5.73 Å². The average Bonchev–Trinajstić information content (AvgIpc) is 2.14. The predicted octanol–water partition coefficient (Wildman–Crippen LogP) is 2.29. The number of aromatic hydroxyl groups is 2. The van der Waals surface area contributed by atoms with E-state index in [1.54, 1.807) is 12.1 Å². The SMILES string of the molecule is CCCC[C@@H](N)c1ccc(O)cc1O. The lowest BCUT2D eigenvalue weighted by molar-refractivity contribution is 0.438. The summed E-state index contributed by atoms with van der Waals surface area (Å²) in [5.74, 6) is 0.141. The minimum Gasteiger partial charge on any atom is -0.508 e. The van der Waals surface area contributed by atoms with Crippen molar-refractivity contribution in [3.8, 4) is 11.5 Å². The van der Waals surface area contributed by atoms with Gasteiger partial charge in [0, 0.05) is 17.7 Å². The molecule has 0 aromatic heterocycles. The van der Waals surface area contributed by atoms with Crippen LogP contribution in [0.4, 0.5) is 0 Å². The Kier molecular flexibility index (Phi) is 3.77. The maximum atomic E-state index is 9.52. The molecule has 0 unspecified atom stereocenters. The van der Waals surface area contributed by atoms with Crippen LogP contribution in [0.15, 0.2) is 18.2 Å². The Labute approximate surface area is 84.2 Å². The van der Waals surface area contributed by atoms with E-state index in [0.29, 0.717) is 5.56 Å². The number of hydrogen-bond donors (Lipinski definition) is 3. The summed E-state index contributed by atoms with van der Waals surface area (Å²) in [5.41, 5.74) is 6.60. The van der Waals surface area contributed by atoms with E-state index in [1.807, 2.05) is 0 Å². The van der Waals surface area contributed by atoms with Crippen LogP contribution in [-0.2, 0) is 0 Å². The lowest BCUT2D eigenvalue weighted by atomic mass is 10.0. The monoisotopic (exact) mass is 195 g/mol. The van der Waals surface area contributed by atoms with Crippen molar-refractivity contribution in [2.45, 2.75) is 32.2 Å². The quantitative estimate of drug-likeness (QED) is 0.690.